The molecule has 1 aromatic rings. The molecule has 0 nitrogen and oxygen atoms in total. The number of rotatable bonds is 7. The highest BCUT2D eigenvalue weighted by Gasteiger charge is 2.28. The van der Waals surface area contributed by atoms with E-state index in [4.69, 9.17) is 0 Å². The maximum atomic E-state index is 2.57. The number of hydrogen-bond donors (Lipinski definition) is 0. The van der Waals surface area contributed by atoms with Crippen molar-refractivity contribution in [1.29, 1.82) is 0 Å². The summed E-state index contributed by atoms with van der Waals surface area (Å²) in [6.07, 6.45) is 11.3. The topological polar surface area (TPSA) is 0 Å². The van der Waals surface area contributed by atoms with E-state index >= 15 is 0 Å². The molecule has 0 saturated heterocycles. The van der Waals surface area contributed by atoms with Crippen LogP contribution in [0.25, 0.3) is 0 Å². The first-order valence-corrected chi connectivity index (χ1v) is 12.7. The standard InChI is InChI=1S/C17H30P2S/c1-5-18(6-2)15-13-20-17(14-11-9-10-12-14)16(15)19(7-3)8-4/h13-14H,5-12H2,1-4H3. The number of hydrogen-bond acceptors (Lipinski definition) is 1. The summed E-state index contributed by atoms with van der Waals surface area (Å²) in [6, 6.07) is 0. The zero-order chi connectivity index (χ0) is 14.5. The maximum absolute atomic E-state index is 2.57. The Hall–Kier alpha value is 0.560. The minimum atomic E-state index is 0.111. The third kappa shape index (κ3) is 3.48. The molecule has 0 radical (unpaired) electrons. The summed E-state index contributed by atoms with van der Waals surface area (Å²) in [5.41, 5.74) is 0. The summed E-state index contributed by atoms with van der Waals surface area (Å²) in [4.78, 5) is 1.82. The Balaban J connectivity index is 2.41. The second-order valence-electron chi connectivity index (χ2n) is 5.66. The molecular weight excluding hydrogens is 298 g/mol. The average molecular weight is 328 g/mol. The van der Waals surface area contributed by atoms with E-state index in [1.54, 1.807) is 0 Å². The van der Waals surface area contributed by atoms with Crippen LogP contribution in [0.3, 0.4) is 0 Å². The Labute approximate surface area is 132 Å². The molecule has 1 aliphatic carbocycles. The van der Waals surface area contributed by atoms with Gasteiger partial charge in [-0.2, -0.15) is 0 Å². The second kappa shape index (κ2) is 8.26. The molecule has 0 atom stereocenters. The van der Waals surface area contributed by atoms with Crippen LogP contribution < -0.4 is 10.6 Å². The van der Waals surface area contributed by atoms with Gasteiger partial charge in [0.15, 0.2) is 0 Å². The lowest BCUT2D eigenvalue weighted by atomic mass is 10.1. The van der Waals surface area contributed by atoms with E-state index in [0.29, 0.717) is 0 Å². The fourth-order valence-corrected chi connectivity index (χ4v) is 10.3. The van der Waals surface area contributed by atoms with Gasteiger partial charge in [-0.25, -0.2) is 0 Å². The van der Waals surface area contributed by atoms with Crippen LogP contribution in [0.2, 0.25) is 0 Å². The van der Waals surface area contributed by atoms with E-state index in [-0.39, 0.29) is 15.8 Å². The van der Waals surface area contributed by atoms with Gasteiger partial charge in [-0.1, -0.05) is 56.4 Å². The average Bonchev–Trinajstić information content (AvgIpc) is 3.11. The molecule has 1 fully saturated rings. The first-order chi connectivity index (χ1) is 9.76. The predicted octanol–water partition coefficient (Wildman–Crippen LogP) is 5.70. The van der Waals surface area contributed by atoms with E-state index < -0.39 is 0 Å². The lowest BCUT2D eigenvalue weighted by Crippen LogP contribution is -2.24. The quantitative estimate of drug-likeness (QED) is 0.563. The molecule has 0 aliphatic heterocycles. The summed E-state index contributed by atoms with van der Waals surface area (Å²) >= 11 is 2.12. The Morgan fingerprint density at radius 1 is 0.950 bits per heavy atom. The highest BCUT2D eigenvalue weighted by Crippen LogP contribution is 2.46. The van der Waals surface area contributed by atoms with Crippen LogP contribution in [0.5, 0.6) is 0 Å². The molecule has 1 heterocycles. The van der Waals surface area contributed by atoms with Crippen molar-refractivity contribution in [2.75, 3.05) is 24.6 Å². The van der Waals surface area contributed by atoms with Crippen molar-refractivity contribution >= 4 is 37.8 Å². The minimum absolute atomic E-state index is 0.111. The van der Waals surface area contributed by atoms with Gasteiger partial charge in [0.25, 0.3) is 0 Å². The summed E-state index contributed by atoms with van der Waals surface area (Å²) in [7, 11) is 0.228. The van der Waals surface area contributed by atoms with Gasteiger partial charge in [0, 0.05) is 4.88 Å². The fourth-order valence-electron chi connectivity index (χ4n) is 3.48. The molecule has 3 heteroatoms. The fraction of sp³-hybridized carbons (Fsp3) is 0.765. The van der Waals surface area contributed by atoms with Gasteiger partial charge >= 0.3 is 0 Å². The van der Waals surface area contributed by atoms with Gasteiger partial charge < -0.3 is 0 Å². The van der Waals surface area contributed by atoms with Gasteiger partial charge in [0.05, 0.1) is 0 Å². The van der Waals surface area contributed by atoms with Crippen LogP contribution in [-0.2, 0) is 0 Å². The maximum Gasteiger partial charge on any atom is 0.0160 e. The largest absolute Gasteiger partial charge is 0.147 e. The zero-order valence-electron chi connectivity index (χ0n) is 13.6. The molecule has 0 aromatic carbocycles. The summed E-state index contributed by atoms with van der Waals surface area (Å²) < 4.78 is 0. The minimum Gasteiger partial charge on any atom is -0.147 e. The highest BCUT2D eigenvalue weighted by atomic mass is 32.1. The van der Waals surface area contributed by atoms with Crippen molar-refractivity contribution in [1.82, 2.24) is 0 Å². The molecule has 0 N–H and O–H groups in total. The van der Waals surface area contributed by atoms with Crippen molar-refractivity contribution < 1.29 is 0 Å². The molecule has 1 aromatic heterocycles. The second-order valence-corrected chi connectivity index (χ2v) is 12.2. The zero-order valence-corrected chi connectivity index (χ0v) is 16.2. The Morgan fingerprint density at radius 2 is 1.50 bits per heavy atom. The van der Waals surface area contributed by atoms with Gasteiger partial charge in [0.1, 0.15) is 0 Å². The third-order valence-corrected chi connectivity index (χ3v) is 11.5. The first kappa shape index (κ1) is 16.9. The van der Waals surface area contributed by atoms with Crippen LogP contribution >= 0.6 is 27.2 Å². The third-order valence-electron chi connectivity index (χ3n) is 4.68. The predicted molar refractivity (Wildman–Crippen MR) is 101 cm³/mol. The Kier molecular flexibility index (Phi) is 6.99. The van der Waals surface area contributed by atoms with Gasteiger partial charge in [-0.05, 0) is 59.4 Å². The van der Waals surface area contributed by atoms with Crippen molar-refractivity contribution in [3.05, 3.63) is 10.3 Å². The van der Waals surface area contributed by atoms with E-state index in [2.05, 4.69) is 44.4 Å². The molecule has 20 heavy (non-hydrogen) atoms. The molecule has 0 spiro atoms. The monoisotopic (exact) mass is 328 g/mol. The van der Waals surface area contributed by atoms with E-state index in [9.17, 15) is 0 Å². The lowest BCUT2D eigenvalue weighted by molar-refractivity contribution is 0.742. The smallest absolute Gasteiger partial charge is 0.0160 e. The van der Waals surface area contributed by atoms with Crippen molar-refractivity contribution in [2.24, 2.45) is 0 Å². The van der Waals surface area contributed by atoms with E-state index in [1.165, 1.54) is 50.3 Å². The van der Waals surface area contributed by atoms with Crippen LogP contribution in [0.15, 0.2) is 5.38 Å². The number of thiophene rings is 1. The SMILES string of the molecule is CCP(CC)c1csc(C2CCCC2)c1P(CC)CC. The van der Waals surface area contributed by atoms with Gasteiger partial charge in [0.2, 0.25) is 0 Å². The molecule has 2 rings (SSSR count). The van der Waals surface area contributed by atoms with Gasteiger partial charge in [-0.3, -0.25) is 0 Å². The molecule has 1 aliphatic rings. The van der Waals surface area contributed by atoms with Crippen LogP contribution in [0.1, 0.15) is 64.2 Å². The molecular formula is C17H30P2S. The molecule has 0 bridgehead atoms. The summed E-state index contributed by atoms with van der Waals surface area (Å²) in [5, 5.41) is 6.27. The van der Waals surface area contributed by atoms with Crippen molar-refractivity contribution in [2.45, 2.75) is 59.3 Å². The van der Waals surface area contributed by atoms with E-state index in [0.717, 1.165) is 5.92 Å². The highest BCUT2D eigenvalue weighted by molar-refractivity contribution is 7.72. The molecule has 114 valence electrons. The Bertz CT molecular complexity index is 380. The molecule has 0 unspecified atom stereocenters. The van der Waals surface area contributed by atoms with Crippen LogP contribution in [-0.4, -0.2) is 24.6 Å². The molecule has 0 amide bonds. The van der Waals surface area contributed by atoms with Crippen molar-refractivity contribution in [3.8, 4) is 0 Å². The lowest BCUT2D eigenvalue weighted by Gasteiger charge is -2.23. The summed E-state index contributed by atoms with van der Waals surface area (Å²) in [6.45, 7) is 9.61. The van der Waals surface area contributed by atoms with Crippen LogP contribution in [0, 0.1) is 0 Å². The Morgan fingerprint density at radius 3 is 2.00 bits per heavy atom. The van der Waals surface area contributed by atoms with Gasteiger partial charge in [-0.15, -0.1) is 11.3 Å². The van der Waals surface area contributed by atoms with E-state index in [1.807, 2.05) is 15.5 Å². The normalized spacial score (nSPS) is 16.7. The first-order valence-electron chi connectivity index (χ1n) is 8.37. The summed E-state index contributed by atoms with van der Waals surface area (Å²) in [5.74, 6) is 0.914. The molecule has 1 saturated carbocycles. The van der Waals surface area contributed by atoms with Crippen LogP contribution in [0.4, 0.5) is 0 Å². The van der Waals surface area contributed by atoms with Crippen molar-refractivity contribution in [3.63, 3.8) is 0 Å².